The lowest BCUT2D eigenvalue weighted by Crippen LogP contribution is -2.50. The standard InChI is InChI=1S/C28H26F3N3O5/c1-2-28(38)19-8-21-23-22(12-33(21)25(36)18(19)13-39-26(28)37)34(20-4-3-14(29)7-17(20)24(23)35)15-5-6-32(11-15)16-9-27(30,31)10-16/h3-4,7-8,15-16,38H,2,5-6,9-13H2,1H3/t15-,28+/m1/s1. The molecule has 2 fully saturated rings. The summed E-state index contributed by atoms with van der Waals surface area (Å²) in [5, 5.41) is 11.3. The van der Waals surface area contributed by atoms with Crippen LogP contribution in [-0.4, -0.2) is 50.2 Å². The highest BCUT2D eigenvalue weighted by Gasteiger charge is 2.50. The molecule has 0 amide bonds. The summed E-state index contributed by atoms with van der Waals surface area (Å²) in [6.07, 6.45) is 0.256. The monoisotopic (exact) mass is 541 g/mol. The van der Waals surface area contributed by atoms with E-state index in [0.29, 0.717) is 30.7 Å². The Morgan fingerprint density at radius 1 is 1.13 bits per heavy atom. The first-order valence-electron chi connectivity index (χ1n) is 13.2. The molecule has 1 aliphatic carbocycles. The second-order valence-electron chi connectivity index (χ2n) is 11.1. The summed E-state index contributed by atoms with van der Waals surface area (Å²) in [5.74, 6) is -4.08. The van der Waals surface area contributed by atoms with Gasteiger partial charge in [0.1, 0.15) is 12.4 Å². The maximum Gasteiger partial charge on any atom is 0.343 e. The summed E-state index contributed by atoms with van der Waals surface area (Å²) in [7, 11) is 0. The van der Waals surface area contributed by atoms with Crippen molar-refractivity contribution in [2.45, 2.75) is 69.4 Å². The fourth-order valence-electron chi connectivity index (χ4n) is 6.88. The topological polar surface area (TPSA) is 93.8 Å². The Bertz CT molecular complexity index is 1710. The van der Waals surface area contributed by atoms with E-state index in [9.17, 15) is 32.7 Å². The van der Waals surface area contributed by atoms with E-state index < -0.39 is 34.3 Å². The Morgan fingerprint density at radius 2 is 1.90 bits per heavy atom. The third-order valence-corrected chi connectivity index (χ3v) is 9.02. The number of carbonyl (C=O) groups is 1. The second kappa shape index (κ2) is 8.04. The van der Waals surface area contributed by atoms with E-state index in [2.05, 4.69) is 0 Å². The van der Waals surface area contributed by atoms with Crippen LogP contribution in [0.3, 0.4) is 0 Å². The van der Waals surface area contributed by atoms with Crippen LogP contribution < -0.4 is 11.0 Å². The van der Waals surface area contributed by atoms with Gasteiger partial charge in [0.2, 0.25) is 0 Å². The van der Waals surface area contributed by atoms with Crippen LogP contribution in [0.4, 0.5) is 13.2 Å². The lowest BCUT2D eigenvalue weighted by atomic mass is 9.85. The molecule has 1 aromatic carbocycles. The van der Waals surface area contributed by atoms with Crippen LogP contribution in [0.15, 0.2) is 33.9 Å². The predicted molar refractivity (Wildman–Crippen MR) is 134 cm³/mol. The summed E-state index contributed by atoms with van der Waals surface area (Å²) in [4.78, 5) is 42.0. The van der Waals surface area contributed by atoms with Gasteiger partial charge in [-0.15, -0.1) is 0 Å². The number of carbonyl (C=O) groups excluding carboxylic acids is 1. The molecule has 7 rings (SSSR count). The summed E-state index contributed by atoms with van der Waals surface area (Å²) in [6, 6.07) is 5.12. The van der Waals surface area contributed by atoms with Crippen molar-refractivity contribution in [3.8, 4) is 11.3 Å². The molecule has 0 spiro atoms. The minimum atomic E-state index is -2.64. The maximum atomic E-state index is 14.4. The number of cyclic esters (lactones) is 1. The summed E-state index contributed by atoms with van der Waals surface area (Å²) in [5.41, 5.74) is -1.11. The van der Waals surface area contributed by atoms with Crippen molar-refractivity contribution in [2.75, 3.05) is 13.1 Å². The van der Waals surface area contributed by atoms with Gasteiger partial charge < -0.3 is 19.0 Å². The van der Waals surface area contributed by atoms with Crippen LogP contribution in [0.25, 0.3) is 22.2 Å². The molecular weight excluding hydrogens is 515 g/mol. The number of fused-ring (bicyclic) bond motifs is 5. The minimum Gasteiger partial charge on any atom is -0.458 e. The molecule has 2 atom stereocenters. The third-order valence-electron chi connectivity index (χ3n) is 9.02. The van der Waals surface area contributed by atoms with Crippen molar-refractivity contribution in [1.82, 2.24) is 14.0 Å². The Balaban J connectivity index is 1.42. The van der Waals surface area contributed by atoms with Gasteiger partial charge >= 0.3 is 5.97 Å². The molecule has 3 aliphatic heterocycles. The molecule has 11 heteroatoms. The molecule has 0 unspecified atom stereocenters. The lowest BCUT2D eigenvalue weighted by molar-refractivity contribution is -0.172. The summed E-state index contributed by atoms with van der Waals surface area (Å²) in [6.45, 7) is 2.48. The highest BCUT2D eigenvalue weighted by atomic mass is 19.3. The van der Waals surface area contributed by atoms with Crippen molar-refractivity contribution in [2.24, 2.45) is 0 Å². The zero-order valence-corrected chi connectivity index (χ0v) is 21.2. The van der Waals surface area contributed by atoms with Gasteiger partial charge in [-0.05, 0) is 37.1 Å². The largest absolute Gasteiger partial charge is 0.458 e. The predicted octanol–water partition coefficient (Wildman–Crippen LogP) is 3.03. The molecule has 1 N–H and O–H groups in total. The Labute approximate surface area is 220 Å². The van der Waals surface area contributed by atoms with Crippen molar-refractivity contribution in [3.63, 3.8) is 0 Å². The first kappa shape index (κ1) is 24.6. The molecule has 5 heterocycles. The number of likely N-dealkylation sites (tertiary alicyclic amines) is 1. The zero-order valence-electron chi connectivity index (χ0n) is 21.2. The van der Waals surface area contributed by atoms with Gasteiger partial charge in [-0.1, -0.05) is 6.92 Å². The number of aliphatic hydroxyl groups is 1. The van der Waals surface area contributed by atoms with Crippen LogP contribution in [0.1, 0.15) is 55.5 Å². The first-order chi connectivity index (χ1) is 18.5. The zero-order chi connectivity index (χ0) is 27.4. The third kappa shape index (κ3) is 3.35. The number of benzene rings is 1. The van der Waals surface area contributed by atoms with Gasteiger partial charge in [-0.3, -0.25) is 14.5 Å². The number of esters is 1. The van der Waals surface area contributed by atoms with E-state index in [4.69, 9.17) is 4.74 Å². The molecule has 8 nitrogen and oxygen atoms in total. The molecule has 1 saturated carbocycles. The average Bonchev–Trinajstić information content (AvgIpc) is 3.51. The lowest BCUT2D eigenvalue weighted by Gasteiger charge is -2.41. The van der Waals surface area contributed by atoms with Crippen molar-refractivity contribution >= 4 is 16.9 Å². The fourth-order valence-corrected chi connectivity index (χ4v) is 6.88. The van der Waals surface area contributed by atoms with Crippen LogP contribution in [0.2, 0.25) is 0 Å². The van der Waals surface area contributed by atoms with E-state index in [1.54, 1.807) is 13.0 Å². The Morgan fingerprint density at radius 3 is 2.62 bits per heavy atom. The SMILES string of the molecule is CC[C@@]1(O)C(=O)OCc2c1cc1n(c2=O)Cc2c-1c(=O)c1cc(F)ccc1n2[C@@H]1CCN(C2CC(F)(F)C2)C1. The van der Waals surface area contributed by atoms with Crippen molar-refractivity contribution in [3.05, 3.63) is 67.5 Å². The minimum absolute atomic E-state index is 0.0279. The van der Waals surface area contributed by atoms with E-state index in [1.807, 2.05) is 9.47 Å². The Hall–Kier alpha value is -3.44. The molecule has 0 radical (unpaired) electrons. The number of halogens is 3. The number of nitrogens with zero attached hydrogens (tertiary/aromatic N) is 3. The second-order valence-corrected chi connectivity index (χ2v) is 11.1. The van der Waals surface area contributed by atoms with Gasteiger partial charge in [0.15, 0.2) is 11.0 Å². The van der Waals surface area contributed by atoms with Crippen molar-refractivity contribution in [1.29, 1.82) is 0 Å². The van der Waals surface area contributed by atoms with Gasteiger partial charge in [0.05, 0.1) is 34.6 Å². The highest BCUT2D eigenvalue weighted by Crippen LogP contribution is 2.44. The molecule has 0 bridgehead atoms. The number of aromatic nitrogens is 2. The number of pyridine rings is 2. The fraction of sp³-hybridized carbons (Fsp3) is 0.464. The van der Waals surface area contributed by atoms with Gasteiger partial charge in [0, 0.05) is 49.0 Å². The summed E-state index contributed by atoms with van der Waals surface area (Å²) >= 11 is 0. The number of hydrogen-bond acceptors (Lipinski definition) is 6. The average molecular weight is 542 g/mol. The highest BCUT2D eigenvalue weighted by molar-refractivity contribution is 5.88. The number of hydrogen-bond donors (Lipinski definition) is 1. The Kier molecular flexibility index (Phi) is 5.07. The van der Waals surface area contributed by atoms with Gasteiger partial charge in [0.25, 0.3) is 11.5 Å². The van der Waals surface area contributed by atoms with Crippen LogP contribution in [-0.2, 0) is 28.3 Å². The van der Waals surface area contributed by atoms with Crippen LogP contribution >= 0.6 is 0 Å². The molecule has 39 heavy (non-hydrogen) atoms. The van der Waals surface area contributed by atoms with Crippen LogP contribution in [0, 0.1) is 5.82 Å². The molecule has 3 aromatic rings. The molecule has 4 aliphatic rings. The quantitative estimate of drug-likeness (QED) is 0.401. The maximum absolute atomic E-state index is 14.4. The number of rotatable bonds is 3. The van der Waals surface area contributed by atoms with Crippen molar-refractivity contribution < 1.29 is 27.8 Å². The molecule has 204 valence electrons. The van der Waals surface area contributed by atoms with Gasteiger partial charge in [-0.2, -0.15) is 0 Å². The van der Waals surface area contributed by atoms with E-state index in [1.165, 1.54) is 22.8 Å². The number of ether oxygens (including phenoxy) is 1. The van der Waals surface area contributed by atoms with E-state index in [-0.39, 0.29) is 72.3 Å². The first-order valence-corrected chi connectivity index (χ1v) is 13.2. The molecule has 2 aromatic heterocycles. The number of alkyl halides is 2. The van der Waals surface area contributed by atoms with Crippen LogP contribution in [0.5, 0.6) is 0 Å². The van der Waals surface area contributed by atoms with E-state index >= 15 is 0 Å². The summed E-state index contributed by atoms with van der Waals surface area (Å²) < 4.78 is 50.0. The normalized spacial score (nSPS) is 25.8. The van der Waals surface area contributed by atoms with Gasteiger partial charge in [-0.25, -0.2) is 18.0 Å². The molecule has 1 saturated heterocycles. The smallest absolute Gasteiger partial charge is 0.343 e. The van der Waals surface area contributed by atoms with E-state index in [0.717, 1.165) is 0 Å². The molecular formula is C28H26F3N3O5.